The van der Waals surface area contributed by atoms with Crippen LogP contribution in [0.1, 0.15) is 37.7 Å². The van der Waals surface area contributed by atoms with Crippen LogP contribution in [0.2, 0.25) is 0 Å². The van der Waals surface area contributed by atoms with E-state index < -0.39 is 0 Å². The van der Waals surface area contributed by atoms with Gasteiger partial charge in [0.15, 0.2) is 0 Å². The lowest BCUT2D eigenvalue weighted by Gasteiger charge is -2.20. The number of hydrogen-bond acceptors (Lipinski definition) is 2. The van der Waals surface area contributed by atoms with E-state index >= 15 is 0 Å². The highest BCUT2D eigenvalue weighted by molar-refractivity contribution is 5.39. The summed E-state index contributed by atoms with van der Waals surface area (Å²) in [6.07, 6.45) is 3.22. The molecule has 0 spiro atoms. The number of para-hydroxylation sites is 1. The molecule has 1 aromatic rings. The van der Waals surface area contributed by atoms with Gasteiger partial charge in [0.25, 0.3) is 0 Å². The molecule has 2 aliphatic rings. The van der Waals surface area contributed by atoms with Crippen LogP contribution in [0.3, 0.4) is 0 Å². The predicted molar refractivity (Wildman–Crippen MR) is 67.2 cm³/mol. The number of aliphatic hydroxyl groups is 1. The van der Waals surface area contributed by atoms with Crippen LogP contribution in [0.5, 0.6) is 5.75 Å². The maximum Gasteiger partial charge on any atom is 0.122 e. The third kappa shape index (κ3) is 1.95. The number of fused-ring (bicyclic) bond motifs is 1. The van der Waals surface area contributed by atoms with E-state index in [1.807, 2.05) is 6.07 Å². The van der Waals surface area contributed by atoms with Crippen LogP contribution in [0.15, 0.2) is 24.3 Å². The van der Waals surface area contributed by atoms with Crippen LogP contribution in [-0.2, 0) is 0 Å². The zero-order valence-electron chi connectivity index (χ0n) is 10.3. The lowest BCUT2D eigenvalue weighted by Crippen LogP contribution is -2.17. The van der Waals surface area contributed by atoms with Gasteiger partial charge in [-0.2, -0.15) is 0 Å². The molecule has 1 aliphatic carbocycles. The first kappa shape index (κ1) is 11.1. The molecule has 0 bridgehead atoms. The zero-order valence-corrected chi connectivity index (χ0v) is 10.3. The van der Waals surface area contributed by atoms with E-state index in [0.717, 1.165) is 25.2 Å². The molecule has 1 aliphatic heterocycles. The number of hydrogen-bond donors (Lipinski definition) is 1. The fraction of sp³-hybridized carbons (Fsp3) is 0.600. The van der Waals surface area contributed by atoms with Gasteiger partial charge in [-0.15, -0.1) is 0 Å². The van der Waals surface area contributed by atoms with Crippen LogP contribution in [0, 0.1) is 11.8 Å². The summed E-state index contributed by atoms with van der Waals surface area (Å²) in [5.41, 5.74) is 1.36. The maximum atomic E-state index is 9.81. The number of ether oxygens (including phenoxy) is 1. The fourth-order valence-corrected chi connectivity index (χ4v) is 3.35. The van der Waals surface area contributed by atoms with E-state index in [0.29, 0.717) is 17.8 Å². The second-order valence-corrected chi connectivity index (χ2v) is 5.55. The van der Waals surface area contributed by atoms with Gasteiger partial charge in [0, 0.05) is 11.5 Å². The van der Waals surface area contributed by atoms with Crippen molar-refractivity contribution in [2.45, 2.75) is 38.2 Å². The van der Waals surface area contributed by atoms with Crippen molar-refractivity contribution in [3.05, 3.63) is 29.8 Å². The topological polar surface area (TPSA) is 29.5 Å². The van der Waals surface area contributed by atoms with Gasteiger partial charge in [-0.3, -0.25) is 0 Å². The average molecular weight is 232 g/mol. The molecular weight excluding hydrogens is 212 g/mol. The lowest BCUT2D eigenvalue weighted by atomic mass is 9.85. The number of benzene rings is 1. The van der Waals surface area contributed by atoms with E-state index in [4.69, 9.17) is 4.74 Å². The quantitative estimate of drug-likeness (QED) is 0.849. The Kier molecular flexibility index (Phi) is 2.83. The zero-order chi connectivity index (χ0) is 11.8. The molecule has 1 heterocycles. The first-order chi connectivity index (χ1) is 8.25. The van der Waals surface area contributed by atoms with Crippen molar-refractivity contribution in [1.29, 1.82) is 0 Å². The second kappa shape index (κ2) is 4.34. The summed E-state index contributed by atoms with van der Waals surface area (Å²) < 4.78 is 5.72. The maximum absolute atomic E-state index is 9.81. The number of rotatable bonds is 2. The minimum Gasteiger partial charge on any atom is -0.493 e. The van der Waals surface area contributed by atoms with Crippen molar-refractivity contribution in [1.82, 2.24) is 0 Å². The molecule has 0 amide bonds. The third-order valence-corrected chi connectivity index (χ3v) is 4.57. The Morgan fingerprint density at radius 2 is 2.12 bits per heavy atom. The molecule has 0 aromatic heterocycles. The Morgan fingerprint density at radius 3 is 2.88 bits per heavy atom. The minimum atomic E-state index is -0.0856. The molecule has 4 atom stereocenters. The highest BCUT2D eigenvalue weighted by Gasteiger charge is 2.35. The van der Waals surface area contributed by atoms with Gasteiger partial charge in [0.1, 0.15) is 5.75 Å². The van der Waals surface area contributed by atoms with E-state index in [9.17, 15) is 5.11 Å². The third-order valence-electron chi connectivity index (χ3n) is 4.57. The standard InChI is InChI=1S/C15H20O2/c1-10-11(6-7-14(10)16)8-12-9-17-15-5-3-2-4-13(12)15/h2-5,10-12,14,16H,6-9H2,1H3. The SMILES string of the molecule is CC1C(O)CCC1CC1COc2ccccc21. The fourth-order valence-electron chi connectivity index (χ4n) is 3.35. The summed E-state index contributed by atoms with van der Waals surface area (Å²) in [5.74, 6) is 2.69. The molecule has 0 radical (unpaired) electrons. The lowest BCUT2D eigenvalue weighted by molar-refractivity contribution is 0.123. The molecule has 92 valence electrons. The summed E-state index contributed by atoms with van der Waals surface area (Å²) >= 11 is 0. The molecule has 2 heteroatoms. The van der Waals surface area contributed by atoms with Crippen molar-refractivity contribution < 1.29 is 9.84 Å². The summed E-state index contributed by atoms with van der Waals surface area (Å²) in [4.78, 5) is 0. The Hall–Kier alpha value is -1.02. The molecule has 3 rings (SSSR count). The van der Waals surface area contributed by atoms with Crippen LogP contribution >= 0.6 is 0 Å². The van der Waals surface area contributed by atoms with Gasteiger partial charge in [0.05, 0.1) is 12.7 Å². The summed E-state index contributed by atoms with van der Waals surface area (Å²) in [5, 5.41) is 9.81. The Labute approximate surface area is 103 Å². The average Bonchev–Trinajstić information content (AvgIpc) is 2.89. The molecule has 1 saturated carbocycles. The van der Waals surface area contributed by atoms with Gasteiger partial charge in [-0.25, -0.2) is 0 Å². The number of aliphatic hydroxyl groups excluding tert-OH is 1. The predicted octanol–water partition coefficient (Wildman–Crippen LogP) is 2.96. The molecule has 17 heavy (non-hydrogen) atoms. The monoisotopic (exact) mass is 232 g/mol. The van der Waals surface area contributed by atoms with Gasteiger partial charge >= 0.3 is 0 Å². The van der Waals surface area contributed by atoms with Crippen LogP contribution in [0.4, 0.5) is 0 Å². The summed E-state index contributed by atoms with van der Waals surface area (Å²) in [6, 6.07) is 8.36. The van der Waals surface area contributed by atoms with Gasteiger partial charge in [-0.05, 0) is 37.2 Å². The van der Waals surface area contributed by atoms with Gasteiger partial charge < -0.3 is 9.84 Å². The first-order valence-electron chi connectivity index (χ1n) is 6.65. The smallest absolute Gasteiger partial charge is 0.122 e. The second-order valence-electron chi connectivity index (χ2n) is 5.55. The normalized spacial score (nSPS) is 35.6. The van der Waals surface area contributed by atoms with Gasteiger partial charge in [0.2, 0.25) is 0 Å². The molecule has 1 aromatic carbocycles. The Bertz CT molecular complexity index is 402. The van der Waals surface area contributed by atoms with Crippen molar-refractivity contribution in [2.24, 2.45) is 11.8 Å². The van der Waals surface area contributed by atoms with Crippen molar-refractivity contribution in [2.75, 3.05) is 6.61 Å². The van der Waals surface area contributed by atoms with E-state index in [-0.39, 0.29) is 6.10 Å². The van der Waals surface area contributed by atoms with E-state index in [1.54, 1.807) is 0 Å². The van der Waals surface area contributed by atoms with Crippen LogP contribution in [-0.4, -0.2) is 17.8 Å². The van der Waals surface area contributed by atoms with Crippen LogP contribution < -0.4 is 4.74 Å². The Morgan fingerprint density at radius 1 is 1.29 bits per heavy atom. The first-order valence-corrected chi connectivity index (χ1v) is 6.65. The van der Waals surface area contributed by atoms with Crippen molar-refractivity contribution >= 4 is 0 Å². The summed E-state index contributed by atoms with van der Waals surface area (Å²) in [7, 11) is 0. The van der Waals surface area contributed by atoms with Crippen molar-refractivity contribution in [3.63, 3.8) is 0 Å². The largest absolute Gasteiger partial charge is 0.493 e. The molecule has 1 fully saturated rings. The van der Waals surface area contributed by atoms with E-state index in [1.165, 1.54) is 12.0 Å². The molecule has 1 N–H and O–H groups in total. The minimum absolute atomic E-state index is 0.0856. The summed E-state index contributed by atoms with van der Waals surface area (Å²) in [6.45, 7) is 3.00. The molecule has 2 nitrogen and oxygen atoms in total. The molecular formula is C15H20O2. The van der Waals surface area contributed by atoms with Crippen LogP contribution in [0.25, 0.3) is 0 Å². The highest BCUT2D eigenvalue weighted by Crippen LogP contribution is 2.43. The van der Waals surface area contributed by atoms with Crippen molar-refractivity contribution in [3.8, 4) is 5.75 Å². The van der Waals surface area contributed by atoms with E-state index in [2.05, 4.69) is 25.1 Å². The Balaban J connectivity index is 1.72. The highest BCUT2D eigenvalue weighted by atomic mass is 16.5. The van der Waals surface area contributed by atoms with Gasteiger partial charge in [-0.1, -0.05) is 25.1 Å². The molecule has 4 unspecified atom stereocenters. The molecule has 0 saturated heterocycles.